The third-order valence-electron chi connectivity index (χ3n) is 5.23. The topological polar surface area (TPSA) is 117 Å². The van der Waals surface area contributed by atoms with Crippen molar-refractivity contribution >= 4 is 51.5 Å². The number of amides is 1. The molecule has 0 bridgehead atoms. The number of carbonyl (C=O) groups excluding carboxylic acids is 1. The third-order valence-corrected chi connectivity index (χ3v) is 7.23. The summed E-state index contributed by atoms with van der Waals surface area (Å²) in [5.74, 6) is -2.60. The molecule has 1 atom stereocenters. The second-order valence-electron chi connectivity index (χ2n) is 7.44. The Labute approximate surface area is 191 Å². The van der Waals surface area contributed by atoms with Crippen LogP contribution in [-0.2, 0) is 9.47 Å². The molecule has 2 aromatic heterocycles. The number of hydrogen-bond acceptors (Lipinski definition) is 7. The summed E-state index contributed by atoms with van der Waals surface area (Å²) in [6.45, 7) is 6.96. The number of piperidine rings is 1. The number of halogens is 2. The van der Waals surface area contributed by atoms with Crippen LogP contribution in [0.5, 0.6) is 0 Å². The molecule has 166 valence electrons. The Morgan fingerprint density at radius 3 is 2.68 bits per heavy atom. The van der Waals surface area contributed by atoms with Crippen LogP contribution in [0.2, 0.25) is 10.0 Å². The lowest BCUT2D eigenvalue weighted by atomic mass is 9.96. The van der Waals surface area contributed by atoms with Crippen molar-refractivity contribution in [2.24, 2.45) is 0 Å². The molecule has 1 spiro atoms. The first-order chi connectivity index (χ1) is 14.7. The van der Waals surface area contributed by atoms with Gasteiger partial charge in [0.25, 0.3) is 5.91 Å². The number of carbonyl (C=O) groups is 2. The van der Waals surface area contributed by atoms with Crippen LogP contribution in [0, 0.1) is 6.92 Å². The molecule has 2 aliphatic rings. The molecule has 0 unspecified atom stereocenters. The molecule has 4 heterocycles. The van der Waals surface area contributed by atoms with E-state index in [4.69, 9.17) is 32.7 Å². The maximum absolute atomic E-state index is 12.9. The minimum absolute atomic E-state index is 0.145. The summed E-state index contributed by atoms with van der Waals surface area (Å²) in [7, 11) is 0. The molecule has 12 heteroatoms. The molecule has 2 saturated heterocycles. The van der Waals surface area contributed by atoms with Crippen LogP contribution in [-0.4, -0.2) is 65.1 Å². The zero-order chi connectivity index (χ0) is 22.3. The van der Waals surface area contributed by atoms with Gasteiger partial charge in [-0.15, -0.1) is 0 Å². The van der Waals surface area contributed by atoms with Gasteiger partial charge in [0.15, 0.2) is 5.13 Å². The van der Waals surface area contributed by atoms with Gasteiger partial charge < -0.3 is 29.8 Å². The fraction of sp³-hybridized carbons (Fsp3) is 0.421. The molecule has 2 fully saturated rings. The lowest BCUT2D eigenvalue weighted by molar-refractivity contribution is -0.263. The van der Waals surface area contributed by atoms with Crippen LogP contribution in [0.25, 0.3) is 0 Å². The van der Waals surface area contributed by atoms with Gasteiger partial charge in [0, 0.05) is 12.2 Å². The van der Waals surface area contributed by atoms with Crippen LogP contribution in [0.1, 0.15) is 32.3 Å². The number of anilines is 1. The van der Waals surface area contributed by atoms with Gasteiger partial charge in [-0.3, -0.25) is 4.79 Å². The highest BCUT2D eigenvalue weighted by Crippen LogP contribution is 2.36. The van der Waals surface area contributed by atoms with Crippen molar-refractivity contribution in [2.45, 2.75) is 25.2 Å². The number of aromatic carboxylic acids is 1. The molecule has 0 radical (unpaired) electrons. The summed E-state index contributed by atoms with van der Waals surface area (Å²) >= 11 is 13.4. The lowest BCUT2D eigenvalue weighted by Gasteiger charge is -2.49. The monoisotopic (exact) mass is 486 g/mol. The van der Waals surface area contributed by atoms with Crippen molar-refractivity contribution in [3.63, 3.8) is 0 Å². The number of carboxylic acid groups (broad SMARTS) is 1. The number of nitrogens with zero attached hydrogens (tertiary/aromatic N) is 2. The minimum atomic E-state index is -1.15. The van der Waals surface area contributed by atoms with E-state index in [1.165, 1.54) is 6.20 Å². The summed E-state index contributed by atoms with van der Waals surface area (Å²) in [6.07, 6.45) is 1.80. The van der Waals surface area contributed by atoms with Crippen LogP contribution < -0.4 is 10.2 Å². The van der Waals surface area contributed by atoms with Crippen LogP contribution in [0.4, 0.5) is 5.13 Å². The van der Waals surface area contributed by atoms with Crippen molar-refractivity contribution < 1.29 is 24.2 Å². The highest BCUT2D eigenvalue weighted by Gasteiger charge is 2.49. The Kier molecular flexibility index (Phi) is 6.01. The maximum atomic E-state index is 12.9. The Morgan fingerprint density at radius 1 is 1.39 bits per heavy atom. The molecular weight excluding hydrogens is 467 g/mol. The van der Waals surface area contributed by atoms with E-state index in [0.717, 1.165) is 16.9 Å². The van der Waals surface area contributed by atoms with Gasteiger partial charge in [0.1, 0.15) is 10.6 Å². The van der Waals surface area contributed by atoms with Gasteiger partial charge in [-0.25, -0.2) is 9.78 Å². The van der Waals surface area contributed by atoms with Gasteiger partial charge >= 0.3 is 5.97 Å². The highest BCUT2D eigenvalue weighted by molar-refractivity contribution is 7.17. The van der Waals surface area contributed by atoms with Gasteiger partial charge in [0.2, 0.25) is 5.79 Å². The molecule has 3 N–H and O–H groups in total. The molecule has 1 amide bonds. The third kappa shape index (κ3) is 4.18. The zero-order valence-electron chi connectivity index (χ0n) is 16.5. The predicted octanol–water partition coefficient (Wildman–Crippen LogP) is 3.09. The van der Waals surface area contributed by atoms with Crippen molar-refractivity contribution in [3.8, 4) is 0 Å². The number of hydrogen-bond donors (Lipinski definition) is 3. The summed E-state index contributed by atoms with van der Waals surface area (Å²) in [5.41, 5.74) is 1.55. The Hall–Kier alpha value is -2.11. The second-order valence-corrected chi connectivity index (χ2v) is 9.21. The number of carboxylic acids is 1. The maximum Gasteiger partial charge on any atom is 0.347 e. The van der Waals surface area contributed by atoms with E-state index in [-0.39, 0.29) is 35.4 Å². The minimum Gasteiger partial charge on any atom is -0.477 e. The Bertz CT molecular complexity index is 1040. The van der Waals surface area contributed by atoms with E-state index >= 15 is 0 Å². The first-order valence-corrected chi connectivity index (χ1v) is 11.0. The normalized spacial score (nSPS) is 20.8. The number of aromatic nitrogens is 2. The van der Waals surface area contributed by atoms with Crippen molar-refractivity contribution in [2.75, 3.05) is 31.2 Å². The first-order valence-electron chi connectivity index (χ1n) is 9.43. The van der Waals surface area contributed by atoms with Crippen molar-refractivity contribution in [3.05, 3.63) is 44.7 Å². The van der Waals surface area contributed by atoms with Gasteiger partial charge in [-0.2, -0.15) is 0 Å². The lowest BCUT2D eigenvalue weighted by Crippen LogP contribution is -2.66. The SMILES string of the molecule is C=C1COC2(CN(c3ncc(C(=O)O)s3)CC[C@H]2NC(=O)c2[nH]c(C)c(Cl)c2Cl)OC1. The van der Waals surface area contributed by atoms with E-state index in [0.29, 0.717) is 28.8 Å². The largest absolute Gasteiger partial charge is 0.477 e. The number of ether oxygens (including phenoxy) is 2. The molecule has 0 aromatic carbocycles. The van der Waals surface area contributed by atoms with Crippen LogP contribution >= 0.6 is 34.5 Å². The van der Waals surface area contributed by atoms with Crippen LogP contribution in [0.3, 0.4) is 0 Å². The second kappa shape index (κ2) is 8.44. The fourth-order valence-corrected chi connectivity index (χ4v) is 4.79. The van der Waals surface area contributed by atoms with E-state index in [1.54, 1.807) is 6.92 Å². The molecular formula is C19H20Cl2N4O5S. The molecule has 9 nitrogen and oxygen atoms in total. The molecule has 0 aliphatic carbocycles. The van der Waals surface area contributed by atoms with Crippen molar-refractivity contribution in [1.29, 1.82) is 0 Å². The fourth-order valence-electron chi connectivity index (χ4n) is 3.60. The molecule has 4 rings (SSSR count). The van der Waals surface area contributed by atoms with E-state index in [2.05, 4.69) is 21.9 Å². The predicted molar refractivity (Wildman–Crippen MR) is 116 cm³/mol. The number of aryl methyl sites for hydroxylation is 1. The highest BCUT2D eigenvalue weighted by atomic mass is 35.5. The average Bonchev–Trinajstić information content (AvgIpc) is 3.33. The smallest absolute Gasteiger partial charge is 0.347 e. The van der Waals surface area contributed by atoms with Gasteiger partial charge in [-0.1, -0.05) is 41.1 Å². The average molecular weight is 487 g/mol. The number of rotatable bonds is 4. The summed E-state index contributed by atoms with van der Waals surface area (Å²) in [6, 6.07) is -0.485. The number of nitrogens with one attached hydrogen (secondary N) is 2. The molecule has 31 heavy (non-hydrogen) atoms. The standard InChI is InChI=1S/C19H20Cl2N4O5S/c1-9-6-29-19(30-7-9)8-25(18-22-5-11(31-18)17(27)28)4-3-12(19)24-16(26)15-14(21)13(20)10(2)23-15/h5,12,23H,1,3-4,6-8H2,2H3,(H,24,26)(H,27,28)/t12-/m1/s1. The van der Waals surface area contributed by atoms with Gasteiger partial charge in [0.05, 0.1) is 42.0 Å². The quantitative estimate of drug-likeness (QED) is 0.568. The van der Waals surface area contributed by atoms with Crippen LogP contribution in [0.15, 0.2) is 18.3 Å². The van der Waals surface area contributed by atoms with E-state index in [9.17, 15) is 14.7 Å². The molecule has 2 aromatic rings. The molecule has 0 saturated carbocycles. The number of aromatic amines is 1. The molecule has 2 aliphatic heterocycles. The Morgan fingerprint density at radius 2 is 2.10 bits per heavy atom. The van der Waals surface area contributed by atoms with E-state index < -0.39 is 23.7 Å². The number of H-pyrrole nitrogens is 1. The first kappa shape index (κ1) is 22.1. The Balaban J connectivity index is 1.57. The summed E-state index contributed by atoms with van der Waals surface area (Å²) in [5, 5.41) is 13.1. The number of thiazole rings is 1. The zero-order valence-corrected chi connectivity index (χ0v) is 18.9. The summed E-state index contributed by atoms with van der Waals surface area (Å²) in [4.78, 5) is 33.3. The van der Waals surface area contributed by atoms with E-state index in [1.807, 2.05) is 4.90 Å². The van der Waals surface area contributed by atoms with Crippen molar-refractivity contribution in [1.82, 2.24) is 15.3 Å². The summed E-state index contributed by atoms with van der Waals surface area (Å²) < 4.78 is 12.1. The van der Waals surface area contributed by atoms with Gasteiger partial charge in [-0.05, 0) is 18.9 Å².